The maximum absolute atomic E-state index is 13.2. The molecular weight excluding hydrogens is 416 g/mol. The maximum atomic E-state index is 13.2. The number of hydrogen-bond acceptors (Lipinski definition) is 2. The number of fused-ring (bicyclic) bond motifs is 8. The smallest absolute Gasteiger partial charge is 0.255 e. The van der Waals surface area contributed by atoms with Crippen molar-refractivity contribution in [1.82, 2.24) is 0 Å². The highest BCUT2D eigenvalue weighted by atomic mass is 16.1. The minimum atomic E-state index is -0.0389. The van der Waals surface area contributed by atoms with E-state index in [0.29, 0.717) is 17.9 Å². The second-order valence-electron chi connectivity index (χ2n) is 10.3. The van der Waals surface area contributed by atoms with Gasteiger partial charge >= 0.3 is 0 Å². The summed E-state index contributed by atoms with van der Waals surface area (Å²) in [5.41, 5.74) is 5.50. The summed E-state index contributed by atoms with van der Waals surface area (Å²) in [5, 5.41) is 9.31. The Morgan fingerprint density at radius 3 is 2.47 bits per heavy atom. The predicted octanol–water partition coefficient (Wildman–Crippen LogP) is 7.39. The molecule has 4 aromatic rings. The van der Waals surface area contributed by atoms with E-state index in [4.69, 9.17) is 0 Å². The zero-order valence-electron chi connectivity index (χ0n) is 19.1. The van der Waals surface area contributed by atoms with E-state index in [9.17, 15) is 4.79 Å². The SMILES string of the molecule is O=C(Nc1ccc2ccccc2c1)c1ccc2c(c1)[C@@H]1[C@H]3CC[C@@H](C3)[C@H]1[C@H](c1ccccc1)N2. The fraction of sp³-hybridized carbons (Fsp3) is 0.258. The van der Waals surface area contributed by atoms with Crippen LogP contribution in [-0.2, 0) is 0 Å². The van der Waals surface area contributed by atoms with Crippen molar-refractivity contribution in [3.63, 3.8) is 0 Å². The van der Waals surface area contributed by atoms with Gasteiger partial charge in [-0.15, -0.1) is 0 Å². The second kappa shape index (κ2) is 7.73. The number of amides is 1. The van der Waals surface area contributed by atoms with Gasteiger partial charge in [-0.25, -0.2) is 0 Å². The van der Waals surface area contributed by atoms with Gasteiger partial charge in [0.2, 0.25) is 0 Å². The molecule has 2 aliphatic carbocycles. The van der Waals surface area contributed by atoms with Crippen molar-refractivity contribution in [2.75, 3.05) is 10.6 Å². The minimum Gasteiger partial charge on any atom is -0.378 e. The molecule has 0 unspecified atom stereocenters. The quantitative estimate of drug-likeness (QED) is 0.346. The van der Waals surface area contributed by atoms with Gasteiger partial charge in [0, 0.05) is 16.9 Å². The molecule has 7 rings (SSSR count). The summed E-state index contributed by atoms with van der Waals surface area (Å²) in [6.07, 6.45) is 3.99. The summed E-state index contributed by atoms with van der Waals surface area (Å²) in [6, 6.07) is 31.8. The van der Waals surface area contributed by atoms with E-state index in [1.54, 1.807) is 0 Å². The van der Waals surface area contributed by atoms with Crippen molar-refractivity contribution < 1.29 is 4.79 Å². The molecular formula is C31H28N2O. The Bertz CT molecular complexity index is 1400. The lowest BCUT2D eigenvalue weighted by atomic mass is 9.68. The number of anilines is 2. The first-order chi connectivity index (χ1) is 16.7. The molecule has 0 radical (unpaired) electrons. The molecule has 1 aliphatic heterocycles. The number of rotatable bonds is 3. The molecule has 3 nitrogen and oxygen atoms in total. The summed E-state index contributed by atoms with van der Waals surface area (Å²) >= 11 is 0. The van der Waals surface area contributed by atoms with Crippen LogP contribution in [0.3, 0.4) is 0 Å². The van der Waals surface area contributed by atoms with E-state index < -0.39 is 0 Å². The topological polar surface area (TPSA) is 41.1 Å². The molecule has 2 fully saturated rings. The highest BCUT2D eigenvalue weighted by molar-refractivity contribution is 6.05. The van der Waals surface area contributed by atoms with E-state index in [-0.39, 0.29) is 5.91 Å². The van der Waals surface area contributed by atoms with Gasteiger partial charge in [-0.05, 0) is 95.2 Å². The Morgan fingerprint density at radius 2 is 1.59 bits per heavy atom. The number of nitrogens with one attached hydrogen (secondary N) is 2. The van der Waals surface area contributed by atoms with E-state index in [0.717, 1.165) is 28.5 Å². The van der Waals surface area contributed by atoms with E-state index >= 15 is 0 Å². The van der Waals surface area contributed by atoms with Crippen molar-refractivity contribution >= 4 is 28.1 Å². The van der Waals surface area contributed by atoms with Crippen LogP contribution in [0.15, 0.2) is 91.0 Å². The van der Waals surface area contributed by atoms with Crippen molar-refractivity contribution in [1.29, 1.82) is 0 Å². The zero-order valence-corrected chi connectivity index (χ0v) is 19.1. The first-order valence-corrected chi connectivity index (χ1v) is 12.5. The van der Waals surface area contributed by atoms with Crippen LogP contribution in [0, 0.1) is 17.8 Å². The third-order valence-corrected chi connectivity index (χ3v) is 8.52. The summed E-state index contributed by atoms with van der Waals surface area (Å²) < 4.78 is 0. The molecule has 2 N–H and O–H groups in total. The van der Waals surface area contributed by atoms with Crippen LogP contribution in [-0.4, -0.2) is 5.91 Å². The van der Waals surface area contributed by atoms with Crippen LogP contribution in [0.4, 0.5) is 11.4 Å². The Morgan fingerprint density at radius 1 is 0.794 bits per heavy atom. The zero-order chi connectivity index (χ0) is 22.6. The van der Waals surface area contributed by atoms with Gasteiger partial charge in [0.1, 0.15) is 0 Å². The van der Waals surface area contributed by atoms with Crippen LogP contribution in [0.1, 0.15) is 52.7 Å². The molecule has 0 spiro atoms. The highest BCUT2D eigenvalue weighted by Crippen LogP contribution is 2.63. The van der Waals surface area contributed by atoms with E-state index in [2.05, 4.69) is 71.3 Å². The fourth-order valence-corrected chi connectivity index (χ4v) is 7.09. The van der Waals surface area contributed by atoms with Crippen molar-refractivity contribution in [3.05, 3.63) is 108 Å². The minimum absolute atomic E-state index is 0.0389. The van der Waals surface area contributed by atoms with Crippen molar-refractivity contribution in [2.24, 2.45) is 17.8 Å². The van der Waals surface area contributed by atoms with Crippen LogP contribution in [0.5, 0.6) is 0 Å². The molecule has 3 aliphatic rings. The van der Waals surface area contributed by atoms with Crippen LogP contribution in [0.25, 0.3) is 10.8 Å². The molecule has 4 aromatic carbocycles. The Kier molecular flexibility index (Phi) is 4.51. The van der Waals surface area contributed by atoms with Gasteiger partial charge in [0.15, 0.2) is 0 Å². The Labute approximate surface area is 200 Å². The standard InChI is InChI=1S/C31H28N2O/c34-31(32-25-14-12-19-6-4-5-9-21(19)17-25)24-13-15-27-26(18-24)28-22-10-11-23(16-22)29(28)30(33-27)20-7-2-1-3-8-20/h1-9,12-15,17-18,22-23,28-30,33H,10-11,16H2,(H,32,34)/t22-,23-,28-,29+,30-/m0/s1. The van der Waals surface area contributed by atoms with Gasteiger partial charge in [0.05, 0.1) is 6.04 Å². The normalized spacial score (nSPS) is 26.5. The predicted molar refractivity (Wildman–Crippen MR) is 138 cm³/mol. The first kappa shape index (κ1) is 19.8. The molecule has 168 valence electrons. The number of benzene rings is 4. The largest absolute Gasteiger partial charge is 0.378 e. The van der Waals surface area contributed by atoms with Gasteiger partial charge in [-0.3, -0.25) is 4.79 Å². The van der Waals surface area contributed by atoms with Gasteiger partial charge < -0.3 is 10.6 Å². The lowest BCUT2D eigenvalue weighted by Crippen LogP contribution is -2.35. The molecule has 0 saturated heterocycles. The lowest BCUT2D eigenvalue weighted by molar-refractivity contribution is 0.102. The molecule has 3 heteroatoms. The van der Waals surface area contributed by atoms with Crippen LogP contribution in [0.2, 0.25) is 0 Å². The second-order valence-corrected chi connectivity index (χ2v) is 10.3. The van der Waals surface area contributed by atoms with Gasteiger partial charge in [-0.2, -0.15) is 0 Å². The summed E-state index contributed by atoms with van der Waals surface area (Å²) in [6.45, 7) is 0. The number of carbonyl (C=O) groups is 1. The molecule has 34 heavy (non-hydrogen) atoms. The Hall–Kier alpha value is -3.59. The Balaban J connectivity index is 1.22. The highest BCUT2D eigenvalue weighted by Gasteiger charge is 2.53. The summed E-state index contributed by atoms with van der Waals surface area (Å²) in [5.74, 6) is 2.61. The molecule has 1 amide bonds. The van der Waals surface area contributed by atoms with Crippen molar-refractivity contribution in [2.45, 2.75) is 31.2 Å². The fourth-order valence-electron chi connectivity index (χ4n) is 7.09. The molecule has 0 aromatic heterocycles. The molecule has 2 bridgehead atoms. The van der Waals surface area contributed by atoms with Crippen molar-refractivity contribution in [3.8, 4) is 0 Å². The van der Waals surface area contributed by atoms with Gasteiger partial charge in [0.25, 0.3) is 5.91 Å². The number of carbonyl (C=O) groups excluding carboxylic acids is 1. The monoisotopic (exact) mass is 444 g/mol. The van der Waals surface area contributed by atoms with E-state index in [1.807, 2.05) is 30.3 Å². The van der Waals surface area contributed by atoms with Crippen LogP contribution < -0.4 is 10.6 Å². The summed E-state index contributed by atoms with van der Waals surface area (Å²) in [7, 11) is 0. The average Bonchev–Trinajstić information content (AvgIpc) is 3.51. The average molecular weight is 445 g/mol. The molecule has 2 saturated carbocycles. The first-order valence-electron chi connectivity index (χ1n) is 12.5. The molecule has 1 heterocycles. The third-order valence-electron chi connectivity index (χ3n) is 8.52. The van der Waals surface area contributed by atoms with Gasteiger partial charge in [-0.1, -0.05) is 60.7 Å². The third kappa shape index (κ3) is 3.14. The number of hydrogen-bond donors (Lipinski definition) is 2. The molecule has 5 atom stereocenters. The summed E-state index contributed by atoms with van der Waals surface area (Å²) in [4.78, 5) is 13.2. The lowest BCUT2D eigenvalue weighted by Gasteiger charge is -2.43. The van der Waals surface area contributed by atoms with E-state index in [1.165, 1.54) is 41.5 Å². The maximum Gasteiger partial charge on any atom is 0.255 e. The van der Waals surface area contributed by atoms with Crippen LogP contribution >= 0.6 is 0 Å².